The summed E-state index contributed by atoms with van der Waals surface area (Å²) in [4.78, 5) is 4.17. The second kappa shape index (κ2) is 6.21. The van der Waals surface area contributed by atoms with Crippen LogP contribution in [-0.4, -0.2) is 26.1 Å². The number of aryl methyl sites for hydroxylation is 1. The highest BCUT2D eigenvalue weighted by Gasteiger charge is 2.14. The van der Waals surface area contributed by atoms with Gasteiger partial charge in [0.05, 0.1) is 0 Å². The molecule has 6 nitrogen and oxygen atoms in total. The SMILES string of the molecule is CSc1nc(N)n(-c2ccccc2Oc2ccc(C)cc2O)n1. The number of anilines is 1. The minimum Gasteiger partial charge on any atom is -0.504 e. The van der Waals surface area contributed by atoms with Crippen LogP contribution in [0.4, 0.5) is 5.95 Å². The third kappa shape index (κ3) is 3.09. The van der Waals surface area contributed by atoms with Gasteiger partial charge in [-0.05, 0) is 43.0 Å². The lowest BCUT2D eigenvalue weighted by Crippen LogP contribution is -2.04. The monoisotopic (exact) mass is 328 g/mol. The molecule has 2 aromatic carbocycles. The van der Waals surface area contributed by atoms with Gasteiger partial charge in [0.2, 0.25) is 11.1 Å². The summed E-state index contributed by atoms with van der Waals surface area (Å²) in [5.74, 6) is 1.25. The fourth-order valence-corrected chi connectivity index (χ4v) is 2.47. The van der Waals surface area contributed by atoms with Crippen molar-refractivity contribution in [1.82, 2.24) is 14.8 Å². The first-order valence-electron chi connectivity index (χ1n) is 6.92. The molecule has 0 amide bonds. The molecule has 0 aliphatic carbocycles. The van der Waals surface area contributed by atoms with Crippen molar-refractivity contribution in [3.05, 3.63) is 48.0 Å². The number of rotatable bonds is 4. The molecule has 0 unspecified atom stereocenters. The van der Waals surface area contributed by atoms with Crippen LogP contribution < -0.4 is 10.5 Å². The number of nitrogen functional groups attached to an aromatic ring is 1. The van der Waals surface area contributed by atoms with Gasteiger partial charge < -0.3 is 15.6 Å². The van der Waals surface area contributed by atoms with Crippen molar-refractivity contribution in [3.8, 4) is 22.9 Å². The molecule has 3 N–H and O–H groups in total. The van der Waals surface area contributed by atoms with Crippen LogP contribution in [0.25, 0.3) is 5.69 Å². The van der Waals surface area contributed by atoms with Crippen molar-refractivity contribution in [2.24, 2.45) is 0 Å². The Morgan fingerprint density at radius 2 is 1.96 bits per heavy atom. The van der Waals surface area contributed by atoms with Crippen molar-refractivity contribution in [3.63, 3.8) is 0 Å². The van der Waals surface area contributed by atoms with Gasteiger partial charge >= 0.3 is 0 Å². The summed E-state index contributed by atoms with van der Waals surface area (Å²) < 4.78 is 7.37. The van der Waals surface area contributed by atoms with E-state index < -0.39 is 0 Å². The Morgan fingerprint density at radius 1 is 1.17 bits per heavy atom. The van der Waals surface area contributed by atoms with Crippen LogP contribution in [0.5, 0.6) is 17.2 Å². The number of aromatic nitrogens is 3. The van der Waals surface area contributed by atoms with Crippen molar-refractivity contribution in [2.75, 3.05) is 12.0 Å². The van der Waals surface area contributed by atoms with E-state index >= 15 is 0 Å². The lowest BCUT2D eigenvalue weighted by atomic mass is 10.2. The van der Waals surface area contributed by atoms with E-state index in [4.69, 9.17) is 10.5 Å². The van der Waals surface area contributed by atoms with E-state index in [0.717, 1.165) is 5.56 Å². The van der Waals surface area contributed by atoms with Crippen molar-refractivity contribution >= 4 is 17.7 Å². The lowest BCUT2D eigenvalue weighted by molar-refractivity contribution is 0.409. The van der Waals surface area contributed by atoms with E-state index in [-0.39, 0.29) is 11.7 Å². The zero-order valence-corrected chi connectivity index (χ0v) is 13.5. The van der Waals surface area contributed by atoms with E-state index in [1.165, 1.54) is 16.4 Å². The van der Waals surface area contributed by atoms with E-state index in [9.17, 15) is 5.11 Å². The molecule has 1 aromatic heterocycles. The molecule has 23 heavy (non-hydrogen) atoms. The van der Waals surface area contributed by atoms with Gasteiger partial charge in [-0.15, -0.1) is 5.10 Å². The average Bonchev–Trinajstić information content (AvgIpc) is 2.91. The number of phenolic OH excluding ortho intramolecular Hbond substituents is 1. The Morgan fingerprint density at radius 3 is 2.65 bits per heavy atom. The number of thioether (sulfide) groups is 1. The number of ether oxygens (including phenoxy) is 1. The van der Waals surface area contributed by atoms with Gasteiger partial charge in [-0.25, -0.2) is 0 Å². The summed E-state index contributed by atoms with van der Waals surface area (Å²) in [5.41, 5.74) is 7.53. The minimum atomic E-state index is 0.0798. The standard InChI is InChI=1S/C16H16N4O2S/c1-10-7-8-14(12(21)9-10)22-13-6-4-3-5-11(13)20-15(17)18-16(19-20)23-2/h3-9,21H,1-2H3,(H2,17,18,19). The third-order valence-corrected chi connectivity index (χ3v) is 3.76. The molecule has 3 rings (SSSR count). The number of benzene rings is 2. The van der Waals surface area contributed by atoms with Crippen LogP contribution in [0.3, 0.4) is 0 Å². The minimum absolute atomic E-state index is 0.0798. The maximum atomic E-state index is 10.0. The van der Waals surface area contributed by atoms with Crippen LogP contribution in [-0.2, 0) is 0 Å². The predicted octanol–water partition coefficient (Wildman–Crippen LogP) is 3.38. The summed E-state index contributed by atoms with van der Waals surface area (Å²) in [5, 5.41) is 14.9. The Balaban J connectivity index is 2.02. The number of phenols is 1. The average molecular weight is 328 g/mol. The molecule has 0 spiro atoms. The molecule has 118 valence electrons. The maximum Gasteiger partial charge on any atom is 0.224 e. The van der Waals surface area contributed by atoms with Crippen LogP contribution in [0.15, 0.2) is 47.6 Å². The Hall–Kier alpha value is -2.67. The molecule has 0 fully saturated rings. The fourth-order valence-electron chi connectivity index (χ4n) is 2.12. The first kappa shape index (κ1) is 15.2. The molecule has 1 heterocycles. The molecule has 0 atom stereocenters. The summed E-state index contributed by atoms with van der Waals surface area (Å²) >= 11 is 1.41. The topological polar surface area (TPSA) is 86.2 Å². The molecule has 7 heteroatoms. The van der Waals surface area contributed by atoms with Crippen molar-refractivity contribution in [1.29, 1.82) is 0 Å². The van der Waals surface area contributed by atoms with Gasteiger partial charge in [0, 0.05) is 0 Å². The van der Waals surface area contributed by atoms with E-state index in [0.29, 0.717) is 22.3 Å². The zero-order chi connectivity index (χ0) is 16.4. The number of hydrogen-bond acceptors (Lipinski definition) is 6. The molecule has 0 radical (unpaired) electrons. The van der Waals surface area contributed by atoms with Crippen molar-refractivity contribution < 1.29 is 9.84 Å². The molecule has 3 aromatic rings. The van der Waals surface area contributed by atoms with E-state index in [1.807, 2.05) is 37.4 Å². The van der Waals surface area contributed by atoms with Crippen LogP contribution in [0.1, 0.15) is 5.56 Å². The fraction of sp³-hybridized carbons (Fsp3) is 0.125. The number of nitrogens with zero attached hydrogens (tertiary/aromatic N) is 3. The van der Waals surface area contributed by atoms with Gasteiger partial charge in [-0.3, -0.25) is 0 Å². The zero-order valence-electron chi connectivity index (χ0n) is 12.7. The first-order chi connectivity index (χ1) is 11.1. The molecular formula is C16H16N4O2S. The Bertz CT molecular complexity index is 848. The first-order valence-corrected chi connectivity index (χ1v) is 8.14. The van der Waals surface area contributed by atoms with Crippen LogP contribution in [0.2, 0.25) is 0 Å². The number of hydrogen-bond donors (Lipinski definition) is 2. The molecule has 0 aliphatic heterocycles. The molecule has 0 aliphatic rings. The number of nitrogens with two attached hydrogens (primary N) is 1. The summed E-state index contributed by atoms with van der Waals surface area (Å²) in [6.45, 7) is 1.90. The van der Waals surface area contributed by atoms with E-state index in [1.54, 1.807) is 18.2 Å². The molecule has 0 bridgehead atoms. The largest absolute Gasteiger partial charge is 0.504 e. The van der Waals surface area contributed by atoms with Gasteiger partial charge in [-0.1, -0.05) is 30.0 Å². The third-order valence-electron chi connectivity index (χ3n) is 3.22. The smallest absolute Gasteiger partial charge is 0.224 e. The van der Waals surface area contributed by atoms with Crippen LogP contribution in [0, 0.1) is 6.92 Å². The number of para-hydroxylation sites is 2. The Labute approximate surface area is 137 Å². The van der Waals surface area contributed by atoms with Gasteiger partial charge in [0.15, 0.2) is 17.2 Å². The highest BCUT2D eigenvalue weighted by atomic mass is 32.2. The molecule has 0 saturated heterocycles. The number of aromatic hydroxyl groups is 1. The normalized spacial score (nSPS) is 10.7. The predicted molar refractivity (Wildman–Crippen MR) is 90.5 cm³/mol. The quantitative estimate of drug-likeness (QED) is 0.714. The van der Waals surface area contributed by atoms with E-state index in [2.05, 4.69) is 10.1 Å². The summed E-state index contributed by atoms with van der Waals surface area (Å²) in [6.07, 6.45) is 1.88. The highest BCUT2D eigenvalue weighted by molar-refractivity contribution is 7.98. The summed E-state index contributed by atoms with van der Waals surface area (Å²) in [6, 6.07) is 12.5. The molecule has 0 saturated carbocycles. The second-order valence-electron chi connectivity index (χ2n) is 4.91. The van der Waals surface area contributed by atoms with Crippen molar-refractivity contribution in [2.45, 2.75) is 12.1 Å². The van der Waals surface area contributed by atoms with Gasteiger partial charge in [0.1, 0.15) is 5.69 Å². The van der Waals surface area contributed by atoms with Gasteiger partial charge in [0.25, 0.3) is 0 Å². The lowest BCUT2D eigenvalue weighted by Gasteiger charge is -2.12. The van der Waals surface area contributed by atoms with Gasteiger partial charge in [-0.2, -0.15) is 9.67 Å². The second-order valence-corrected chi connectivity index (χ2v) is 5.68. The summed E-state index contributed by atoms with van der Waals surface area (Å²) in [7, 11) is 0. The Kier molecular flexibility index (Phi) is 4.12. The highest BCUT2D eigenvalue weighted by Crippen LogP contribution is 2.34. The molecular weight excluding hydrogens is 312 g/mol. The van der Waals surface area contributed by atoms with Crippen LogP contribution >= 0.6 is 11.8 Å². The maximum absolute atomic E-state index is 10.0.